The predicted octanol–water partition coefficient (Wildman–Crippen LogP) is 8.20. The number of rotatable bonds is 5. The van der Waals surface area contributed by atoms with Gasteiger partial charge in [0.1, 0.15) is 6.04 Å². The van der Waals surface area contributed by atoms with Crippen LogP contribution >= 0.6 is 0 Å². The number of hydrogen-bond acceptors (Lipinski definition) is 4. The van der Waals surface area contributed by atoms with Crippen LogP contribution in [0, 0.1) is 0 Å². The molecule has 2 amide bonds. The Hall–Kier alpha value is -3.49. The predicted molar refractivity (Wildman–Crippen MR) is 127 cm³/mol. The lowest BCUT2D eigenvalue weighted by molar-refractivity contribution is -0.240. The number of ether oxygens (including phenoxy) is 2. The molecule has 2 aromatic rings. The van der Waals surface area contributed by atoms with E-state index in [4.69, 9.17) is 9.47 Å². The molecule has 15 heteroatoms. The Labute approximate surface area is 228 Å². The molecular weight excluding hydrogens is 575 g/mol. The van der Waals surface area contributed by atoms with Gasteiger partial charge in [0.15, 0.2) is 5.69 Å². The zero-order chi connectivity index (χ0) is 31.0. The maximum Gasteiger partial charge on any atom is 0.576 e. The van der Waals surface area contributed by atoms with E-state index >= 15 is 0 Å². The summed E-state index contributed by atoms with van der Waals surface area (Å²) in [6.07, 6.45) is -19.2. The Balaban J connectivity index is 2.25. The normalized spacial score (nSPS) is 21.2. The van der Waals surface area contributed by atoms with E-state index in [0.717, 1.165) is 18.1 Å². The summed E-state index contributed by atoms with van der Waals surface area (Å²) in [5.41, 5.74) is -4.63. The second kappa shape index (κ2) is 11.4. The molecule has 1 heterocycles. The van der Waals surface area contributed by atoms with Crippen molar-refractivity contribution in [3.05, 3.63) is 64.7 Å². The Morgan fingerprint density at radius 2 is 1.49 bits per heavy atom. The van der Waals surface area contributed by atoms with Crippen molar-refractivity contribution in [3.8, 4) is 0 Å². The lowest BCUT2D eigenvalue weighted by atomic mass is 9.86. The molecule has 0 spiro atoms. The average Bonchev–Trinajstić information content (AvgIpc) is 2.88. The van der Waals surface area contributed by atoms with Crippen molar-refractivity contribution in [2.45, 2.75) is 64.0 Å². The summed E-state index contributed by atoms with van der Waals surface area (Å²) < 4.78 is 133. The molecule has 0 fully saturated rings. The molecule has 226 valence electrons. The Morgan fingerprint density at radius 1 is 0.927 bits per heavy atom. The van der Waals surface area contributed by atoms with E-state index in [-0.39, 0.29) is 24.7 Å². The first-order chi connectivity index (χ1) is 18.9. The van der Waals surface area contributed by atoms with Crippen LogP contribution in [0.1, 0.15) is 55.0 Å². The lowest BCUT2D eigenvalue weighted by Gasteiger charge is -2.47. The molecule has 6 nitrogen and oxygen atoms in total. The molecule has 41 heavy (non-hydrogen) atoms. The van der Waals surface area contributed by atoms with Gasteiger partial charge in [-0.15, -0.1) is 13.2 Å². The monoisotopic (exact) mass is 601 g/mol. The largest absolute Gasteiger partial charge is 0.576 e. The van der Waals surface area contributed by atoms with Crippen LogP contribution in [0.4, 0.5) is 54.8 Å². The van der Waals surface area contributed by atoms with Crippen LogP contribution in [-0.4, -0.2) is 43.1 Å². The van der Waals surface area contributed by atoms with Gasteiger partial charge in [-0.25, -0.2) is 4.79 Å². The fraction of sp³-hybridized carbons (Fsp3) is 0.462. The molecule has 1 aliphatic rings. The summed E-state index contributed by atoms with van der Waals surface area (Å²) >= 11 is 0. The molecule has 0 saturated heterocycles. The summed E-state index contributed by atoms with van der Waals surface area (Å²) in [4.78, 5) is 26.7. The molecule has 0 bridgehead atoms. The number of fused-ring (bicyclic) bond motifs is 1. The first-order valence-electron chi connectivity index (χ1n) is 12.3. The molecule has 1 aliphatic heterocycles. The van der Waals surface area contributed by atoms with Gasteiger partial charge >= 0.3 is 30.8 Å². The summed E-state index contributed by atoms with van der Waals surface area (Å²) in [5.74, 6) is 0. The van der Waals surface area contributed by atoms with Crippen molar-refractivity contribution in [1.82, 2.24) is 9.38 Å². The van der Waals surface area contributed by atoms with E-state index in [1.54, 1.807) is 0 Å². The minimum absolute atomic E-state index is 0.0798. The smallest absolute Gasteiger partial charge is 0.453 e. The van der Waals surface area contributed by atoms with Crippen molar-refractivity contribution in [2.75, 3.05) is 13.7 Å². The van der Waals surface area contributed by atoms with Crippen molar-refractivity contribution < 1.29 is 58.6 Å². The minimum Gasteiger partial charge on any atom is -0.453 e. The molecule has 1 unspecified atom stereocenters. The van der Waals surface area contributed by atoms with Crippen LogP contribution in [-0.2, 0) is 28.4 Å². The van der Waals surface area contributed by atoms with Gasteiger partial charge in [0.2, 0.25) is 0 Å². The number of hydrogen-bond donors (Lipinski definition) is 0. The molecule has 0 saturated carbocycles. The number of benzene rings is 2. The van der Waals surface area contributed by atoms with Crippen molar-refractivity contribution in [3.63, 3.8) is 0 Å². The van der Waals surface area contributed by atoms with E-state index in [1.165, 1.54) is 32.0 Å². The third-order valence-corrected chi connectivity index (χ3v) is 6.93. The first-order valence-corrected chi connectivity index (χ1v) is 12.3. The number of amides is 2. The van der Waals surface area contributed by atoms with E-state index in [1.807, 2.05) is 0 Å². The number of alkyl halides is 9. The van der Waals surface area contributed by atoms with E-state index in [9.17, 15) is 49.1 Å². The molecule has 0 aliphatic carbocycles. The highest BCUT2D eigenvalue weighted by Gasteiger charge is 2.70. The highest BCUT2D eigenvalue weighted by molar-refractivity contribution is 5.86. The molecule has 0 radical (unpaired) electrons. The highest BCUT2D eigenvalue weighted by atomic mass is 19.4. The van der Waals surface area contributed by atoms with Gasteiger partial charge in [-0.3, -0.25) is 4.90 Å². The maximum atomic E-state index is 14.9. The third-order valence-electron chi connectivity index (χ3n) is 6.93. The molecule has 2 aromatic carbocycles. The van der Waals surface area contributed by atoms with Crippen LogP contribution < -0.4 is 4.48 Å². The molecule has 0 N–H and O–H groups in total. The van der Waals surface area contributed by atoms with Gasteiger partial charge in [-0.05, 0) is 37.1 Å². The summed E-state index contributed by atoms with van der Waals surface area (Å²) in [7, 11) is 0.906. The van der Waals surface area contributed by atoms with Crippen LogP contribution in [0.15, 0.2) is 42.5 Å². The van der Waals surface area contributed by atoms with Crippen LogP contribution in [0.3, 0.4) is 0 Å². The van der Waals surface area contributed by atoms with E-state index in [2.05, 4.69) is 0 Å². The number of halogens is 9. The lowest BCUT2D eigenvalue weighted by Crippen LogP contribution is -2.71. The SMILES string of the molecule is CCOC(=O)[N+]1(C(F)(F)F)c2ccccc2[C@@H](N(Cc2cc(C(F)(F)F)cc(C(F)(F)F)c2)C(=O)OC)C[C@H]1CC. The van der Waals surface area contributed by atoms with Crippen molar-refractivity contribution in [1.29, 1.82) is 0 Å². The molecular formula is C26H26F9N2O4+. The van der Waals surface area contributed by atoms with Gasteiger partial charge in [0.05, 0.1) is 30.9 Å². The van der Waals surface area contributed by atoms with Gasteiger partial charge in [0.25, 0.3) is 0 Å². The van der Waals surface area contributed by atoms with Crippen LogP contribution in [0.5, 0.6) is 0 Å². The van der Waals surface area contributed by atoms with Crippen molar-refractivity contribution >= 4 is 17.9 Å². The summed E-state index contributed by atoms with van der Waals surface area (Å²) in [5, 5.41) is 0. The van der Waals surface area contributed by atoms with Crippen molar-refractivity contribution in [2.24, 2.45) is 0 Å². The first kappa shape index (κ1) is 32.0. The Morgan fingerprint density at radius 3 is 1.95 bits per heavy atom. The number of carbonyl (C=O) groups is 2. The Kier molecular flexibility index (Phi) is 8.92. The maximum absolute atomic E-state index is 14.9. The van der Waals surface area contributed by atoms with E-state index < -0.39 is 82.7 Å². The van der Waals surface area contributed by atoms with Gasteiger partial charge in [-0.1, -0.05) is 29.6 Å². The highest BCUT2D eigenvalue weighted by Crippen LogP contribution is 2.52. The minimum atomic E-state index is -5.22. The quantitative estimate of drug-likeness (QED) is 0.197. The third kappa shape index (κ3) is 5.95. The second-order valence-electron chi connectivity index (χ2n) is 9.27. The standard InChI is InChI=1S/C26H26F9N2O4/c1-4-18-13-20(19-8-6-7-9-21(19)37(18,26(33,34)35)23(39)41-5-2)36(22(38)40-3)14-15-10-16(24(27,28)29)12-17(11-15)25(30,31)32/h6-12,18,20H,4-5,13-14H2,1-3H3/q+1/t18-,20+,37?/m1/s1. The Bertz CT molecular complexity index is 1240. The fourth-order valence-electron chi connectivity index (χ4n) is 5.21. The molecule has 3 rings (SSSR count). The van der Waals surface area contributed by atoms with Crippen LogP contribution in [0.25, 0.3) is 0 Å². The molecule has 0 aromatic heterocycles. The van der Waals surface area contributed by atoms with Gasteiger partial charge < -0.3 is 9.47 Å². The number of para-hydroxylation sites is 1. The fourth-order valence-corrected chi connectivity index (χ4v) is 5.21. The van der Waals surface area contributed by atoms with Gasteiger partial charge in [0, 0.05) is 24.6 Å². The van der Waals surface area contributed by atoms with E-state index in [0.29, 0.717) is 12.1 Å². The second-order valence-corrected chi connectivity index (χ2v) is 9.27. The van der Waals surface area contributed by atoms with Crippen LogP contribution in [0.2, 0.25) is 0 Å². The molecule has 3 atom stereocenters. The average molecular weight is 601 g/mol. The number of quaternary nitrogens is 1. The topological polar surface area (TPSA) is 55.8 Å². The number of methoxy groups -OCH3 is 1. The number of nitrogens with zero attached hydrogens (tertiary/aromatic N) is 2. The number of carbonyl (C=O) groups excluding carboxylic acids is 2. The zero-order valence-corrected chi connectivity index (χ0v) is 22.0. The zero-order valence-electron chi connectivity index (χ0n) is 22.0. The summed E-state index contributed by atoms with van der Waals surface area (Å²) in [6, 6.07) is 2.65. The van der Waals surface area contributed by atoms with Gasteiger partial charge in [-0.2, -0.15) is 31.1 Å². The summed E-state index contributed by atoms with van der Waals surface area (Å²) in [6.45, 7) is 1.45.